The first-order chi connectivity index (χ1) is 8.67. The fraction of sp³-hybridized carbons (Fsp3) is 0.333. The van der Waals surface area contributed by atoms with Gasteiger partial charge in [-0.3, -0.25) is 4.79 Å². The Bertz CT molecular complexity index is 457. The Kier molecular flexibility index (Phi) is 5.98. The average molecular weight is 268 g/mol. The number of nitrogens with one attached hydrogen (secondary N) is 2. The number of carbonyl (C=O) groups is 1. The molecular formula is C12H14ClN3O2. The van der Waals surface area contributed by atoms with Gasteiger partial charge < -0.3 is 15.4 Å². The van der Waals surface area contributed by atoms with Gasteiger partial charge in [0.2, 0.25) is 0 Å². The number of carbonyl (C=O) groups excluding carboxylic acids is 1. The van der Waals surface area contributed by atoms with Crippen molar-refractivity contribution in [3.8, 4) is 11.8 Å². The molecule has 0 aliphatic carbocycles. The first-order valence-electron chi connectivity index (χ1n) is 5.37. The maximum Gasteiger partial charge on any atom is 0.258 e. The normalized spacial score (nSPS) is 9.61. The number of amides is 1. The molecule has 0 aromatic heterocycles. The van der Waals surface area contributed by atoms with Gasteiger partial charge >= 0.3 is 0 Å². The van der Waals surface area contributed by atoms with Gasteiger partial charge in [0.25, 0.3) is 5.91 Å². The van der Waals surface area contributed by atoms with Gasteiger partial charge in [0.15, 0.2) is 6.61 Å². The second-order valence-corrected chi connectivity index (χ2v) is 3.93. The minimum Gasteiger partial charge on any atom is -0.482 e. The molecule has 1 rings (SSSR count). The van der Waals surface area contributed by atoms with Crippen LogP contribution < -0.4 is 15.4 Å². The molecule has 2 N–H and O–H groups in total. The number of nitrogens with zero attached hydrogens (tertiary/aromatic N) is 1. The monoisotopic (exact) mass is 267 g/mol. The number of halogens is 1. The summed E-state index contributed by atoms with van der Waals surface area (Å²) in [6.45, 7) is 0.520. The summed E-state index contributed by atoms with van der Waals surface area (Å²) in [4.78, 5) is 11.2. The van der Waals surface area contributed by atoms with Crippen molar-refractivity contribution in [1.29, 1.82) is 5.26 Å². The highest BCUT2D eigenvalue weighted by atomic mass is 35.5. The summed E-state index contributed by atoms with van der Waals surface area (Å²) in [5.74, 6) is 0.0931. The third-order valence-corrected chi connectivity index (χ3v) is 2.40. The lowest BCUT2D eigenvalue weighted by atomic mass is 10.2. The van der Waals surface area contributed by atoms with Crippen molar-refractivity contribution in [3.63, 3.8) is 0 Å². The molecule has 0 saturated carbocycles. The summed E-state index contributed by atoms with van der Waals surface area (Å²) >= 11 is 6.02. The second kappa shape index (κ2) is 7.54. The third kappa shape index (κ3) is 4.62. The van der Waals surface area contributed by atoms with Gasteiger partial charge in [0.05, 0.1) is 11.1 Å². The van der Waals surface area contributed by atoms with Crippen molar-refractivity contribution in [2.45, 2.75) is 6.54 Å². The molecule has 0 aliphatic heterocycles. The summed E-state index contributed by atoms with van der Waals surface area (Å²) in [6.07, 6.45) is 0. The van der Waals surface area contributed by atoms with E-state index in [0.717, 1.165) is 5.56 Å². The van der Waals surface area contributed by atoms with Crippen LogP contribution in [0.5, 0.6) is 5.75 Å². The quantitative estimate of drug-likeness (QED) is 0.757. The molecule has 0 saturated heterocycles. The number of rotatable bonds is 6. The van der Waals surface area contributed by atoms with Gasteiger partial charge in [-0.2, -0.15) is 5.26 Å². The molecule has 0 radical (unpaired) electrons. The van der Waals surface area contributed by atoms with Crippen LogP contribution in [0.4, 0.5) is 0 Å². The molecule has 0 atom stereocenters. The van der Waals surface area contributed by atoms with Crippen LogP contribution in [0.1, 0.15) is 5.56 Å². The molecule has 0 aliphatic rings. The first kappa shape index (κ1) is 14.3. The Morgan fingerprint density at radius 3 is 2.94 bits per heavy atom. The van der Waals surface area contributed by atoms with Crippen LogP contribution in [-0.4, -0.2) is 26.1 Å². The standard InChI is InChI=1S/C12H14ClN3O2/c1-15-7-9-2-3-11(10(13)6-9)18-8-12(17)16-5-4-14/h2-3,6,15H,5,7-8H2,1H3,(H,16,17). The van der Waals surface area contributed by atoms with Crippen molar-refractivity contribution in [1.82, 2.24) is 10.6 Å². The van der Waals surface area contributed by atoms with Gasteiger partial charge in [-0.05, 0) is 24.7 Å². The fourth-order valence-electron chi connectivity index (χ4n) is 1.31. The maximum atomic E-state index is 11.2. The molecule has 1 aromatic rings. The minimum absolute atomic E-state index is 0.0307. The van der Waals surface area contributed by atoms with Crippen molar-refractivity contribution >= 4 is 17.5 Å². The van der Waals surface area contributed by atoms with Crippen molar-refractivity contribution in [2.24, 2.45) is 0 Å². The molecule has 0 bridgehead atoms. The Labute approximate surface area is 111 Å². The van der Waals surface area contributed by atoms with E-state index in [0.29, 0.717) is 17.3 Å². The Morgan fingerprint density at radius 2 is 2.33 bits per heavy atom. The Morgan fingerprint density at radius 1 is 1.56 bits per heavy atom. The predicted octanol–water partition coefficient (Wildman–Crippen LogP) is 1.08. The average Bonchev–Trinajstić information content (AvgIpc) is 2.35. The smallest absolute Gasteiger partial charge is 0.258 e. The largest absolute Gasteiger partial charge is 0.482 e. The highest BCUT2D eigenvalue weighted by Crippen LogP contribution is 2.25. The molecule has 1 aromatic carbocycles. The SMILES string of the molecule is CNCc1ccc(OCC(=O)NCC#N)c(Cl)c1. The van der Waals surface area contributed by atoms with E-state index in [1.807, 2.05) is 19.2 Å². The molecule has 0 unspecified atom stereocenters. The van der Waals surface area contributed by atoms with Gasteiger partial charge in [-0.1, -0.05) is 17.7 Å². The summed E-state index contributed by atoms with van der Waals surface area (Å²) < 4.78 is 5.25. The lowest BCUT2D eigenvalue weighted by molar-refractivity contribution is -0.122. The van der Waals surface area contributed by atoms with E-state index in [1.165, 1.54) is 0 Å². The molecule has 5 nitrogen and oxygen atoms in total. The van der Waals surface area contributed by atoms with E-state index < -0.39 is 0 Å². The maximum absolute atomic E-state index is 11.2. The van der Waals surface area contributed by atoms with Crippen LogP contribution in [0, 0.1) is 11.3 Å². The lowest BCUT2D eigenvalue weighted by Crippen LogP contribution is -2.29. The van der Waals surface area contributed by atoms with Crippen LogP contribution in [-0.2, 0) is 11.3 Å². The Balaban J connectivity index is 2.52. The van der Waals surface area contributed by atoms with Crippen molar-refractivity contribution in [2.75, 3.05) is 20.2 Å². The van der Waals surface area contributed by atoms with Gasteiger partial charge in [-0.25, -0.2) is 0 Å². The molecule has 0 spiro atoms. The van der Waals surface area contributed by atoms with E-state index in [2.05, 4.69) is 10.6 Å². The van der Waals surface area contributed by atoms with Crippen molar-refractivity contribution < 1.29 is 9.53 Å². The Hall–Kier alpha value is -1.77. The van der Waals surface area contributed by atoms with Crippen LogP contribution in [0.25, 0.3) is 0 Å². The number of hydrogen-bond acceptors (Lipinski definition) is 4. The highest BCUT2D eigenvalue weighted by Gasteiger charge is 2.06. The topological polar surface area (TPSA) is 74.2 Å². The van der Waals surface area contributed by atoms with Crippen LogP contribution in [0.2, 0.25) is 5.02 Å². The van der Waals surface area contributed by atoms with Crippen LogP contribution in [0.3, 0.4) is 0 Å². The number of nitriles is 1. The van der Waals surface area contributed by atoms with Crippen LogP contribution in [0.15, 0.2) is 18.2 Å². The van der Waals surface area contributed by atoms with Crippen LogP contribution >= 0.6 is 11.6 Å². The summed E-state index contributed by atoms with van der Waals surface area (Å²) in [6, 6.07) is 7.17. The molecule has 96 valence electrons. The zero-order valence-corrected chi connectivity index (χ0v) is 10.8. The van der Waals surface area contributed by atoms with E-state index in [4.69, 9.17) is 21.6 Å². The van der Waals surface area contributed by atoms with Gasteiger partial charge in [-0.15, -0.1) is 0 Å². The summed E-state index contributed by atoms with van der Waals surface area (Å²) in [7, 11) is 1.85. The highest BCUT2D eigenvalue weighted by molar-refractivity contribution is 6.32. The minimum atomic E-state index is -0.355. The molecular weight excluding hydrogens is 254 g/mol. The van der Waals surface area contributed by atoms with E-state index in [-0.39, 0.29) is 19.1 Å². The van der Waals surface area contributed by atoms with Crippen molar-refractivity contribution in [3.05, 3.63) is 28.8 Å². The number of benzene rings is 1. The summed E-state index contributed by atoms with van der Waals surface area (Å²) in [5, 5.41) is 14.1. The van der Waals surface area contributed by atoms with E-state index in [1.54, 1.807) is 12.1 Å². The summed E-state index contributed by atoms with van der Waals surface area (Å²) in [5.41, 5.74) is 1.03. The molecule has 18 heavy (non-hydrogen) atoms. The molecule has 0 heterocycles. The molecule has 0 fully saturated rings. The third-order valence-electron chi connectivity index (χ3n) is 2.10. The lowest BCUT2D eigenvalue weighted by Gasteiger charge is -2.09. The van der Waals surface area contributed by atoms with Gasteiger partial charge in [0, 0.05) is 6.54 Å². The number of hydrogen-bond donors (Lipinski definition) is 2. The molecule has 1 amide bonds. The second-order valence-electron chi connectivity index (χ2n) is 3.52. The number of ether oxygens (including phenoxy) is 1. The zero-order chi connectivity index (χ0) is 13.4. The van der Waals surface area contributed by atoms with E-state index >= 15 is 0 Å². The zero-order valence-electron chi connectivity index (χ0n) is 10.00. The predicted molar refractivity (Wildman–Crippen MR) is 68.3 cm³/mol. The van der Waals surface area contributed by atoms with E-state index in [9.17, 15) is 4.79 Å². The van der Waals surface area contributed by atoms with Gasteiger partial charge in [0.1, 0.15) is 12.3 Å². The first-order valence-corrected chi connectivity index (χ1v) is 5.74. The fourth-order valence-corrected chi connectivity index (χ4v) is 1.57. The molecule has 6 heteroatoms.